The Hall–Kier alpha value is 0.01000. The van der Waals surface area contributed by atoms with Crippen LogP contribution in [-0.2, 0) is 9.53 Å². The van der Waals surface area contributed by atoms with Gasteiger partial charge in [0.1, 0.15) is 0 Å². The van der Waals surface area contributed by atoms with Crippen molar-refractivity contribution in [1.29, 1.82) is 0 Å². The minimum absolute atomic E-state index is 0. The third kappa shape index (κ3) is 2.73. The summed E-state index contributed by atoms with van der Waals surface area (Å²) < 4.78 is 4.73. The largest absolute Gasteiger partial charge is 0.469 e. The number of nitrogens with one attached hydrogen (secondary N) is 1. The molecule has 0 saturated carbocycles. The van der Waals surface area contributed by atoms with E-state index in [1.807, 2.05) is 0 Å². The van der Waals surface area contributed by atoms with Crippen LogP contribution in [0.2, 0.25) is 0 Å². The monoisotopic (exact) mass is 227 g/mol. The van der Waals surface area contributed by atoms with E-state index in [1.165, 1.54) is 7.11 Å². The third-order valence-corrected chi connectivity index (χ3v) is 2.95. The molecule has 1 fully saturated rings. The van der Waals surface area contributed by atoms with Gasteiger partial charge in [-0.3, -0.25) is 4.79 Å². The molecule has 0 bridgehead atoms. The Morgan fingerprint density at radius 2 is 2.08 bits per heavy atom. The van der Waals surface area contributed by atoms with Crippen molar-refractivity contribution in [3.63, 3.8) is 0 Å². The van der Waals surface area contributed by atoms with E-state index < -0.39 is 5.41 Å². The van der Waals surface area contributed by atoms with Gasteiger partial charge in [-0.1, -0.05) is 0 Å². The SMILES string of the molecule is COC(=O)C1(CCl)CCNCC1.Cl. The van der Waals surface area contributed by atoms with Gasteiger partial charge < -0.3 is 10.1 Å². The van der Waals surface area contributed by atoms with Crippen LogP contribution in [0.4, 0.5) is 0 Å². The summed E-state index contributed by atoms with van der Waals surface area (Å²) in [7, 11) is 1.42. The van der Waals surface area contributed by atoms with E-state index in [0.29, 0.717) is 5.88 Å². The number of carbonyl (C=O) groups excluding carboxylic acids is 1. The van der Waals surface area contributed by atoms with Gasteiger partial charge in [0.05, 0.1) is 12.5 Å². The second kappa shape index (κ2) is 5.68. The fraction of sp³-hybridized carbons (Fsp3) is 0.875. The standard InChI is InChI=1S/C8H14ClNO2.ClH/c1-12-7(11)8(6-9)2-4-10-5-3-8;/h10H,2-6H2,1H3;1H. The lowest BCUT2D eigenvalue weighted by atomic mass is 9.81. The Balaban J connectivity index is 0.00000144. The minimum Gasteiger partial charge on any atom is -0.469 e. The predicted octanol–water partition coefficient (Wildman–Crippen LogP) is 1.19. The highest BCUT2D eigenvalue weighted by Gasteiger charge is 2.39. The second-order valence-electron chi connectivity index (χ2n) is 3.16. The van der Waals surface area contributed by atoms with Gasteiger partial charge in [-0.05, 0) is 25.9 Å². The Labute approximate surface area is 89.6 Å². The van der Waals surface area contributed by atoms with Gasteiger partial charge in [0.2, 0.25) is 0 Å². The maximum absolute atomic E-state index is 11.4. The number of esters is 1. The summed E-state index contributed by atoms with van der Waals surface area (Å²) in [4.78, 5) is 11.4. The van der Waals surface area contributed by atoms with Gasteiger partial charge in [0.25, 0.3) is 0 Å². The van der Waals surface area contributed by atoms with Crippen molar-refractivity contribution in [3.05, 3.63) is 0 Å². The molecule has 78 valence electrons. The van der Waals surface area contributed by atoms with E-state index in [9.17, 15) is 4.79 Å². The van der Waals surface area contributed by atoms with Crippen LogP contribution in [0.3, 0.4) is 0 Å². The van der Waals surface area contributed by atoms with Crippen LogP contribution < -0.4 is 5.32 Å². The van der Waals surface area contributed by atoms with Crippen molar-refractivity contribution >= 4 is 30.0 Å². The molecule has 1 saturated heterocycles. The first-order chi connectivity index (χ1) is 5.75. The summed E-state index contributed by atoms with van der Waals surface area (Å²) >= 11 is 5.78. The van der Waals surface area contributed by atoms with Gasteiger partial charge in [-0.2, -0.15) is 0 Å². The van der Waals surface area contributed by atoms with Crippen LogP contribution in [0.5, 0.6) is 0 Å². The highest BCUT2D eigenvalue weighted by Crippen LogP contribution is 2.31. The van der Waals surface area contributed by atoms with Crippen molar-refractivity contribution in [3.8, 4) is 0 Å². The van der Waals surface area contributed by atoms with E-state index >= 15 is 0 Å². The third-order valence-electron chi connectivity index (χ3n) is 2.43. The van der Waals surface area contributed by atoms with Crippen LogP contribution in [0.15, 0.2) is 0 Å². The first-order valence-electron chi connectivity index (χ1n) is 4.10. The lowest BCUT2D eigenvalue weighted by molar-refractivity contribution is -0.152. The average molecular weight is 228 g/mol. The molecule has 5 heteroatoms. The fourth-order valence-electron chi connectivity index (χ4n) is 1.51. The highest BCUT2D eigenvalue weighted by atomic mass is 35.5. The van der Waals surface area contributed by atoms with Crippen LogP contribution >= 0.6 is 24.0 Å². The minimum atomic E-state index is -0.429. The molecule has 1 rings (SSSR count). The number of hydrogen-bond acceptors (Lipinski definition) is 3. The number of ether oxygens (including phenoxy) is 1. The molecule has 1 aliphatic heterocycles. The second-order valence-corrected chi connectivity index (χ2v) is 3.42. The zero-order chi connectivity index (χ0) is 9.03. The molecule has 3 nitrogen and oxygen atoms in total. The molecule has 1 aliphatic rings. The Morgan fingerprint density at radius 1 is 1.54 bits per heavy atom. The summed E-state index contributed by atoms with van der Waals surface area (Å²) in [5, 5.41) is 3.19. The average Bonchev–Trinajstić information content (AvgIpc) is 2.17. The molecule has 13 heavy (non-hydrogen) atoms. The zero-order valence-corrected chi connectivity index (χ0v) is 9.21. The van der Waals surface area contributed by atoms with Crippen molar-refractivity contribution in [1.82, 2.24) is 5.32 Å². The predicted molar refractivity (Wildman–Crippen MR) is 54.5 cm³/mol. The van der Waals surface area contributed by atoms with Crippen LogP contribution in [0.1, 0.15) is 12.8 Å². The molecular formula is C8H15Cl2NO2. The molecule has 0 spiro atoms. The maximum Gasteiger partial charge on any atom is 0.313 e. The number of piperidine rings is 1. The summed E-state index contributed by atoms with van der Waals surface area (Å²) in [6.07, 6.45) is 1.56. The Bertz CT molecular complexity index is 170. The number of rotatable bonds is 2. The summed E-state index contributed by atoms with van der Waals surface area (Å²) in [6.45, 7) is 1.70. The van der Waals surface area contributed by atoms with Gasteiger partial charge in [-0.15, -0.1) is 24.0 Å². The first kappa shape index (κ1) is 13.0. The topological polar surface area (TPSA) is 38.3 Å². The Morgan fingerprint density at radius 3 is 2.46 bits per heavy atom. The summed E-state index contributed by atoms with van der Waals surface area (Å²) in [5.41, 5.74) is -0.429. The summed E-state index contributed by atoms with van der Waals surface area (Å²) in [5.74, 6) is 0.195. The molecule has 1 heterocycles. The van der Waals surface area contributed by atoms with Gasteiger partial charge in [-0.25, -0.2) is 0 Å². The molecule has 0 atom stereocenters. The van der Waals surface area contributed by atoms with E-state index in [1.54, 1.807) is 0 Å². The van der Waals surface area contributed by atoms with Crippen molar-refractivity contribution in [2.75, 3.05) is 26.1 Å². The Kier molecular flexibility index (Phi) is 5.68. The lowest BCUT2D eigenvalue weighted by Crippen LogP contribution is -2.44. The quantitative estimate of drug-likeness (QED) is 0.570. The van der Waals surface area contributed by atoms with E-state index in [4.69, 9.17) is 16.3 Å². The van der Waals surface area contributed by atoms with Crippen molar-refractivity contribution < 1.29 is 9.53 Å². The van der Waals surface area contributed by atoms with Gasteiger partial charge in [0, 0.05) is 5.88 Å². The first-order valence-corrected chi connectivity index (χ1v) is 4.64. The highest BCUT2D eigenvalue weighted by molar-refractivity contribution is 6.19. The number of alkyl halides is 1. The molecule has 1 N–H and O–H groups in total. The fourth-order valence-corrected chi connectivity index (χ4v) is 1.89. The van der Waals surface area contributed by atoms with Crippen LogP contribution in [0.25, 0.3) is 0 Å². The normalized spacial score (nSPS) is 20.2. The molecule has 0 aliphatic carbocycles. The summed E-state index contributed by atoms with van der Waals surface area (Å²) in [6, 6.07) is 0. The van der Waals surface area contributed by atoms with Crippen molar-refractivity contribution in [2.24, 2.45) is 5.41 Å². The molecule has 0 radical (unpaired) electrons. The number of hydrogen-bond donors (Lipinski definition) is 1. The van der Waals surface area contributed by atoms with E-state index in [-0.39, 0.29) is 18.4 Å². The molecule has 0 unspecified atom stereocenters. The number of methoxy groups -OCH3 is 1. The van der Waals surface area contributed by atoms with Crippen molar-refractivity contribution in [2.45, 2.75) is 12.8 Å². The van der Waals surface area contributed by atoms with E-state index in [0.717, 1.165) is 25.9 Å². The van der Waals surface area contributed by atoms with Crippen LogP contribution in [0, 0.1) is 5.41 Å². The molecular weight excluding hydrogens is 213 g/mol. The number of carbonyl (C=O) groups is 1. The maximum atomic E-state index is 11.4. The molecule has 0 amide bonds. The smallest absolute Gasteiger partial charge is 0.313 e. The van der Waals surface area contributed by atoms with Crippen LogP contribution in [-0.4, -0.2) is 32.0 Å². The lowest BCUT2D eigenvalue weighted by Gasteiger charge is -2.32. The molecule has 0 aromatic heterocycles. The van der Waals surface area contributed by atoms with Gasteiger partial charge in [0.15, 0.2) is 0 Å². The number of halogens is 2. The van der Waals surface area contributed by atoms with E-state index in [2.05, 4.69) is 5.32 Å². The van der Waals surface area contributed by atoms with Gasteiger partial charge >= 0.3 is 5.97 Å². The zero-order valence-electron chi connectivity index (χ0n) is 7.64. The molecule has 0 aromatic rings. The molecule has 0 aromatic carbocycles.